The van der Waals surface area contributed by atoms with E-state index in [9.17, 15) is 0 Å². The molecule has 2 heterocycles. The van der Waals surface area contributed by atoms with Crippen LogP contribution < -0.4 is 10.1 Å². The maximum absolute atomic E-state index is 5.26. The van der Waals surface area contributed by atoms with Gasteiger partial charge in [0.1, 0.15) is 5.75 Å². The van der Waals surface area contributed by atoms with Gasteiger partial charge in [-0.3, -0.25) is 9.67 Å². The van der Waals surface area contributed by atoms with Crippen LogP contribution in [0.4, 0.5) is 11.6 Å². The Labute approximate surface area is 134 Å². The zero-order chi connectivity index (χ0) is 16.2. The number of hydrogen-bond donors (Lipinski definition) is 2. The third kappa shape index (κ3) is 3.33. The Bertz CT molecular complexity index is 763. The molecule has 0 radical (unpaired) electrons. The fourth-order valence-electron chi connectivity index (χ4n) is 2.35. The molecule has 2 N–H and O–H groups in total. The zero-order valence-electron chi connectivity index (χ0n) is 13.4. The Hall–Kier alpha value is -2.83. The molecule has 0 unspecified atom stereocenters. The first kappa shape index (κ1) is 15.1. The van der Waals surface area contributed by atoms with Gasteiger partial charge >= 0.3 is 0 Å². The molecule has 2 aromatic heterocycles. The van der Waals surface area contributed by atoms with Gasteiger partial charge in [0, 0.05) is 24.5 Å². The van der Waals surface area contributed by atoms with Gasteiger partial charge in [0.25, 0.3) is 0 Å². The number of rotatable bonds is 6. The first-order valence-electron chi connectivity index (χ1n) is 7.51. The lowest BCUT2D eigenvalue weighted by Crippen LogP contribution is -2.09. The van der Waals surface area contributed by atoms with E-state index in [1.807, 2.05) is 30.5 Å². The van der Waals surface area contributed by atoms with Crippen LogP contribution in [-0.2, 0) is 6.54 Å². The summed E-state index contributed by atoms with van der Waals surface area (Å²) in [5.74, 6) is 2.74. The van der Waals surface area contributed by atoms with E-state index < -0.39 is 0 Å². The second kappa shape index (κ2) is 6.51. The number of nitrogens with one attached hydrogen (secondary N) is 2. The van der Waals surface area contributed by atoms with Crippen LogP contribution in [0.5, 0.6) is 5.75 Å². The molecule has 0 atom stereocenters. The molecule has 0 fully saturated rings. The zero-order valence-corrected chi connectivity index (χ0v) is 13.4. The van der Waals surface area contributed by atoms with Gasteiger partial charge in [-0.15, -0.1) is 10.2 Å². The van der Waals surface area contributed by atoms with Crippen LogP contribution in [-0.4, -0.2) is 32.1 Å². The summed E-state index contributed by atoms with van der Waals surface area (Å²) in [5, 5.41) is 18.7. The van der Waals surface area contributed by atoms with Crippen LogP contribution >= 0.6 is 0 Å². The Morgan fingerprint density at radius 2 is 2.17 bits per heavy atom. The van der Waals surface area contributed by atoms with Crippen molar-refractivity contribution >= 4 is 11.6 Å². The highest BCUT2D eigenvalue weighted by Gasteiger charge is 2.16. The quantitative estimate of drug-likeness (QED) is 0.731. The molecule has 0 amide bonds. The van der Waals surface area contributed by atoms with Gasteiger partial charge in [-0.1, -0.05) is 19.9 Å². The molecular weight excluding hydrogens is 292 g/mol. The van der Waals surface area contributed by atoms with Crippen molar-refractivity contribution in [3.63, 3.8) is 0 Å². The molecule has 7 nitrogen and oxygen atoms in total. The van der Waals surface area contributed by atoms with Gasteiger partial charge in [0.15, 0.2) is 5.82 Å². The van der Waals surface area contributed by atoms with Crippen molar-refractivity contribution in [3.05, 3.63) is 36.7 Å². The lowest BCUT2D eigenvalue weighted by Gasteiger charge is -2.13. The van der Waals surface area contributed by atoms with Gasteiger partial charge in [-0.2, -0.15) is 5.10 Å². The molecule has 0 aliphatic heterocycles. The van der Waals surface area contributed by atoms with Gasteiger partial charge in [0.05, 0.1) is 18.9 Å². The van der Waals surface area contributed by atoms with Gasteiger partial charge < -0.3 is 10.1 Å². The third-order valence-electron chi connectivity index (χ3n) is 3.38. The molecule has 0 saturated carbocycles. The molecule has 3 aromatic rings. The maximum Gasteiger partial charge on any atom is 0.229 e. The number of methoxy groups -OCH3 is 1. The Morgan fingerprint density at radius 1 is 1.30 bits per heavy atom. The maximum atomic E-state index is 5.26. The summed E-state index contributed by atoms with van der Waals surface area (Å²) in [6.07, 6.45) is 3.56. The summed E-state index contributed by atoms with van der Waals surface area (Å²) in [5.41, 5.74) is 1.82. The molecule has 0 saturated heterocycles. The lowest BCUT2D eigenvalue weighted by atomic mass is 10.2. The van der Waals surface area contributed by atoms with Crippen LogP contribution in [0.1, 0.15) is 13.8 Å². The molecule has 3 rings (SSSR count). The van der Waals surface area contributed by atoms with Crippen molar-refractivity contribution in [2.45, 2.75) is 20.4 Å². The minimum Gasteiger partial charge on any atom is -0.497 e. The monoisotopic (exact) mass is 312 g/mol. The predicted molar refractivity (Wildman–Crippen MR) is 88.7 cm³/mol. The minimum absolute atomic E-state index is 0.461. The van der Waals surface area contributed by atoms with Crippen molar-refractivity contribution in [1.29, 1.82) is 0 Å². The van der Waals surface area contributed by atoms with E-state index in [1.54, 1.807) is 13.3 Å². The second-order valence-corrected chi connectivity index (χ2v) is 5.70. The summed E-state index contributed by atoms with van der Waals surface area (Å²) in [4.78, 5) is 0. The standard InChI is InChI=1S/C16H20N6O/c1-11(2)10-22-15(12-8-17-18-9-12)20-21-16(22)19-13-5-4-6-14(7-13)23-3/h4-9,11H,10H2,1-3H3,(H,17,18)(H,19,21). The molecule has 120 valence electrons. The van der Waals surface area contributed by atoms with Crippen molar-refractivity contribution < 1.29 is 4.74 Å². The summed E-state index contributed by atoms with van der Waals surface area (Å²) in [6.45, 7) is 5.13. The van der Waals surface area contributed by atoms with E-state index in [0.717, 1.165) is 29.4 Å². The van der Waals surface area contributed by atoms with Crippen LogP contribution in [0.25, 0.3) is 11.4 Å². The fourth-order valence-corrected chi connectivity index (χ4v) is 2.35. The minimum atomic E-state index is 0.461. The van der Waals surface area contributed by atoms with Crippen LogP contribution in [0.2, 0.25) is 0 Å². The van der Waals surface area contributed by atoms with E-state index in [-0.39, 0.29) is 0 Å². The number of aromatic nitrogens is 5. The molecule has 0 spiro atoms. The number of anilines is 2. The van der Waals surface area contributed by atoms with Crippen molar-refractivity contribution in [2.75, 3.05) is 12.4 Å². The molecule has 23 heavy (non-hydrogen) atoms. The van der Waals surface area contributed by atoms with E-state index in [2.05, 4.69) is 44.1 Å². The number of ether oxygens (including phenoxy) is 1. The Morgan fingerprint density at radius 3 is 2.87 bits per heavy atom. The largest absolute Gasteiger partial charge is 0.497 e. The van der Waals surface area contributed by atoms with Crippen molar-refractivity contribution in [1.82, 2.24) is 25.0 Å². The number of H-pyrrole nitrogens is 1. The predicted octanol–water partition coefficient (Wildman–Crippen LogP) is 3.08. The van der Waals surface area contributed by atoms with E-state index in [0.29, 0.717) is 11.9 Å². The van der Waals surface area contributed by atoms with Gasteiger partial charge in [-0.05, 0) is 18.1 Å². The van der Waals surface area contributed by atoms with Gasteiger partial charge in [0.2, 0.25) is 5.95 Å². The highest BCUT2D eigenvalue weighted by molar-refractivity contribution is 5.60. The lowest BCUT2D eigenvalue weighted by molar-refractivity contribution is 0.415. The average molecular weight is 312 g/mol. The van der Waals surface area contributed by atoms with E-state index >= 15 is 0 Å². The smallest absolute Gasteiger partial charge is 0.229 e. The van der Waals surface area contributed by atoms with Crippen LogP contribution in [0.3, 0.4) is 0 Å². The fraction of sp³-hybridized carbons (Fsp3) is 0.312. The first-order valence-corrected chi connectivity index (χ1v) is 7.51. The summed E-state index contributed by atoms with van der Waals surface area (Å²) in [7, 11) is 1.65. The highest BCUT2D eigenvalue weighted by atomic mass is 16.5. The SMILES string of the molecule is COc1cccc(Nc2nnc(-c3cn[nH]c3)n2CC(C)C)c1. The summed E-state index contributed by atoms with van der Waals surface area (Å²) >= 11 is 0. The summed E-state index contributed by atoms with van der Waals surface area (Å²) in [6, 6.07) is 7.72. The molecule has 0 aliphatic rings. The van der Waals surface area contributed by atoms with E-state index in [4.69, 9.17) is 4.74 Å². The number of hydrogen-bond acceptors (Lipinski definition) is 5. The molecule has 0 aliphatic carbocycles. The summed E-state index contributed by atoms with van der Waals surface area (Å²) < 4.78 is 7.32. The first-order chi connectivity index (χ1) is 11.2. The van der Waals surface area contributed by atoms with Crippen molar-refractivity contribution in [2.24, 2.45) is 5.92 Å². The topological polar surface area (TPSA) is 80.7 Å². The normalized spacial score (nSPS) is 11.0. The van der Waals surface area contributed by atoms with Crippen LogP contribution in [0.15, 0.2) is 36.7 Å². The Kier molecular flexibility index (Phi) is 4.27. The van der Waals surface area contributed by atoms with Crippen molar-refractivity contribution in [3.8, 4) is 17.1 Å². The number of benzene rings is 1. The highest BCUT2D eigenvalue weighted by Crippen LogP contribution is 2.25. The molecular formula is C16H20N6O. The molecule has 0 bridgehead atoms. The molecule has 7 heteroatoms. The Balaban J connectivity index is 1.95. The average Bonchev–Trinajstić information content (AvgIpc) is 3.18. The number of nitrogens with zero attached hydrogens (tertiary/aromatic N) is 4. The van der Waals surface area contributed by atoms with E-state index in [1.165, 1.54) is 0 Å². The number of aromatic amines is 1. The van der Waals surface area contributed by atoms with Crippen LogP contribution in [0, 0.1) is 5.92 Å². The second-order valence-electron chi connectivity index (χ2n) is 5.70. The van der Waals surface area contributed by atoms with Gasteiger partial charge in [-0.25, -0.2) is 0 Å². The third-order valence-corrected chi connectivity index (χ3v) is 3.38. The molecule has 1 aromatic carbocycles.